The Balaban J connectivity index is 1.84. The minimum atomic E-state index is 0.0763. The molecule has 142 valence electrons. The maximum atomic E-state index is 13.3. The summed E-state index contributed by atoms with van der Waals surface area (Å²) in [6.07, 6.45) is 6.60. The van der Waals surface area contributed by atoms with Gasteiger partial charge in [0.1, 0.15) is 5.82 Å². The average Bonchev–Trinajstić information content (AvgIpc) is 2.65. The minimum absolute atomic E-state index is 0.0763. The molecule has 0 radical (unpaired) electrons. The summed E-state index contributed by atoms with van der Waals surface area (Å²) in [7, 11) is 0. The largest absolute Gasteiger partial charge is 0.384 e. The smallest absolute Gasteiger partial charge is 0.263 e. The Labute approximate surface area is 155 Å². The summed E-state index contributed by atoms with van der Waals surface area (Å²) in [5, 5.41) is 7.57. The van der Waals surface area contributed by atoms with Crippen LogP contribution in [0.5, 0.6) is 0 Å². The Morgan fingerprint density at radius 2 is 2.15 bits per heavy atom. The van der Waals surface area contributed by atoms with E-state index in [0.717, 1.165) is 81.7 Å². The Hall–Kier alpha value is -1.92. The molecule has 1 aromatic heterocycles. The number of aryl methyl sites for hydroxylation is 1. The van der Waals surface area contributed by atoms with Gasteiger partial charge in [-0.2, -0.15) is 0 Å². The lowest BCUT2D eigenvalue weighted by Gasteiger charge is -2.26. The highest BCUT2D eigenvalue weighted by molar-refractivity contribution is 5.90. The average molecular weight is 358 g/mol. The van der Waals surface area contributed by atoms with Crippen LogP contribution in [0.2, 0.25) is 0 Å². The summed E-state index contributed by atoms with van der Waals surface area (Å²) in [6.45, 7) is 5.43. The van der Waals surface area contributed by atoms with Crippen LogP contribution in [0.25, 0.3) is 10.9 Å². The van der Waals surface area contributed by atoms with Gasteiger partial charge in [0.05, 0.1) is 16.9 Å². The Morgan fingerprint density at radius 1 is 1.31 bits per heavy atom. The zero-order chi connectivity index (χ0) is 18.4. The monoisotopic (exact) mass is 357 g/mol. The van der Waals surface area contributed by atoms with E-state index >= 15 is 0 Å². The lowest BCUT2D eigenvalue weighted by Crippen LogP contribution is -2.38. The van der Waals surface area contributed by atoms with Gasteiger partial charge in [-0.05, 0) is 57.8 Å². The second-order valence-electron chi connectivity index (χ2n) is 7.16. The van der Waals surface area contributed by atoms with Crippen molar-refractivity contribution in [1.82, 2.24) is 14.9 Å². The number of nitrogens with two attached hydrogens (primary N) is 1. The highest BCUT2D eigenvalue weighted by Gasteiger charge is 2.20. The molecular formula is C20H31N5O. The second kappa shape index (κ2) is 9.14. The topological polar surface area (TPSA) is 85.0 Å². The van der Waals surface area contributed by atoms with Gasteiger partial charge in [0, 0.05) is 18.8 Å². The van der Waals surface area contributed by atoms with Crippen molar-refractivity contribution in [2.75, 3.05) is 31.5 Å². The summed E-state index contributed by atoms with van der Waals surface area (Å²) in [4.78, 5) is 18.0. The van der Waals surface area contributed by atoms with E-state index in [-0.39, 0.29) is 11.6 Å². The van der Waals surface area contributed by atoms with Crippen molar-refractivity contribution < 1.29 is 0 Å². The van der Waals surface area contributed by atoms with Gasteiger partial charge in [-0.1, -0.05) is 18.9 Å². The fourth-order valence-corrected chi connectivity index (χ4v) is 3.83. The van der Waals surface area contributed by atoms with Crippen LogP contribution >= 0.6 is 0 Å². The summed E-state index contributed by atoms with van der Waals surface area (Å²) >= 11 is 0. The number of anilines is 1. The van der Waals surface area contributed by atoms with Crippen molar-refractivity contribution in [1.29, 1.82) is 0 Å². The van der Waals surface area contributed by atoms with Crippen molar-refractivity contribution in [3.8, 4) is 0 Å². The molecule has 6 nitrogen and oxygen atoms in total. The number of hydrogen-bond acceptors (Lipinski definition) is 5. The Morgan fingerprint density at radius 3 is 2.92 bits per heavy atom. The zero-order valence-electron chi connectivity index (χ0n) is 15.8. The SMILES string of the molecule is Cc1nc2cccc(NCCCCCCN)c2c(=O)n1C1CCCNC1. The highest BCUT2D eigenvalue weighted by Crippen LogP contribution is 2.22. The number of rotatable bonds is 8. The molecular weight excluding hydrogens is 326 g/mol. The van der Waals surface area contributed by atoms with Gasteiger partial charge in [-0.3, -0.25) is 9.36 Å². The van der Waals surface area contributed by atoms with E-state index in [1.807, 2.05) is 29.7 Å². The molecule has 0 amide bonds. The maximum absolute atomic E-state index is 13.3. The van der Waals surface area contributed by atoms with Crippen LogP contribution in [0.3, 0.4) is 0 Å². The molecule has 1 aliphatic heterocycles. The summed E-state index contributed by atoms with van der Waals surface area (Å²) in [5.41, 5.74) is 7.29. The third kappa shape index (κ3) is 4.24. The molecule has 1 saturated heterocycles. The van der Waals surface area contributed by atoms with Crippen LogP contribution in [0.15, 0.2) is 23.0 Å². The first-order valence-corrected chi connectivity index (χ1v) is 9.89. The van der Waals surface area contributed by atoms with Gasteiger partial charge in [0.15, 0.2) is 0 Å². The number of aromatic nitrogens is 2. The maximum Gasteiger partial charge on any atom is 0.263 e. The molecule has 1 atom stereocenters. The number of fused-ring (bicyclic) bond motifs is 1. The lowest BCUT2D eigenvalue weighted by atomic mass is 10.1. The molecule has 1 aliphatic rings. The molecule has 0 aliphatic carbocycles. The van der Waals surface area contributed by atoms with Crippen molar-refractivity contribution >= 4 is 16.6 Å². The quantitative estimate of drug-likeness (QED) is 0.632. The number of hydrogen-bond donors (Lipinski definition) is 3. The third-order valence-electron chi connectivity index (χ3n) is 5.19. The van der Waals surface area contributed by atoms with Crippen LogP contribution in [-0.2, 0) is 0 Å². The van der Waals surface area contributed by atoms with Crippen LogP contribution in [0.4, 0.5) is 5.69 Å². The molecule has 6 heteroatoms. The van der Waals surface area contributed by atoms with E-state index in [0.29, 0.717) is 5.39 Å². The van der Waals surface area contributed by atoms with E-state index in [4.69, 9.17) is 10.7 Å². The fourth-order valence-electron chi connectivity index (χ4n) is 3.83. The van der Waals surface area contributed by atoms with E-state index in [1.54, 1.807) is 0 Å². The Kier molecular flexibility index (Phi) is 6.63. The molecule has 26 heavy (non-hydrogen) atoms. The number of piperidine rings is 1. The zero-order valence-corrected chi connectivity index (χ0v) is 15.8. The van der Waals surface area contributed by atoms with Gasteiger partial charge >= 0.3 is 0 Å². The number of unbranched alkanes of at least 4 members (excludes halogenated alkanes) is 3. The molecule has 1 unspecified atom stereocenters. The first kappa shape index (κ1) is 18.9. The molecule has 1 fully saturated rings. The second-order valence-corrected chi connectivity index (χ2v) is 7.16. The molecule has 2 aromatic rings. The van der Waals surface area contributed by atoms with Gasteiger partial charge < -0.3 is 16.4 Å². The fraction of sp³-hybridized carbons (Fsp3) is 0.600. The number of nitrogens with one attached hydrogen (secondary N) is 2. The molecule has 0 bridgehead atoms. The predicted molar refractivity (Wildman–Crippen MR) is 108 cm³/mol. The normalized spacial score (nSPS) is 17.5. The Bertz CT molecular complexity index is 780. The van der Waals surface area contributed by atoms with Gasteiger partial charge in [0.25, 0.3) is 5.56 Å². The molecule has 2 heterocycles. The molecule has 4 N–H and O–H groups in total. The van der Waals surface area contributed by atoms with Crippen molar-refractivity contribution in [3.63, 3.8) is 0 Å². The van der Waals surface area contributed by atoms with Crippen LogP contribution < -0.4 is 21.9 Å². The summed E-state index contributed by atoms with van der Waals surface area (Å²) in [5.74, 6) is 0.801. The van der Waals surface area contributed by atoms with Crippen molar-refractivity contribution in [2.45, 2.75) is 51.5 Å². The summed E-state index contributed by atoms with van der Waals surface area (Å²) < 4.78 is 1.89. The highest BCUT2D eigenvalue weighted by atomic mass is 16.1. The predicted octanol–water partition coefficient (Wildman–Crippen LogP) is 2.56. The third-order valence-corrected chi connectivity index (χ3v) is 5.19. The van der Waals surface area contributed by atoms with E-state index < -0.39 is 0 Å². The molecule has 3 rings (SSSR count). The van der Waals surface area contributed by atoms with Gasteiger partial charge in [-0.25, -0.2) is 4.98 Å². The summed E-state index contributed by atoms with van der Waals surface area (Å²) in [6, 6.07) is 6.08. The first-order chi connectivity index (χ1) is 12.7. The number of nitrogens with zero attached hydrogens (tertiary/aromatic N) is 2. The molecule has 0 saturated carbocycles. The van der Waals surface area contributed by atoms with Gasteiger partial charge in [0.2, 0.25) is 0 Å². The van der Waals surface area contributed by atoms with E-state index in [9.17, 15) is 4.79 Å². The van der Waals surface area contributed by atoms with Crippen molar-refractivity contribution in [2.24, 2.45) is 5.73 Å². The lowest BCUT2D eigenvalue weighted by molar-refractivity contribution is 0.357. The van der Waals surface area contributed by atoms with E-state index in [1.165, 1.54) is 0 Å². The van der Waals surface area contributed by atoms with Crippen molar-refractivity contribution in [3.05, 3.63) is 34.4 Å². The molecule has 0 spiro atoms. The molecule has 1 aromatic carbocycles. The van der Waals surface area contributed by atoms with Crippen LogP contribution in [0.1, 0.15) is 50.4 Å². The minimum Gasteiger partial charge on any atom is -0.384 e. The first-order valence-electron chi connectivity index (χ1n) is 9.89. The van der Waals surface area contributed by atoms with Crippen LogP contribution in [0, 0.1) is 6.92 Å². The number of benzene rings is 1. The standard InChI is InChI=1S/C20H31N5O/c1-15-24-18-10-6-9-17(23-13-5-3-2-4-11-21)19(18)20(26)25(15)16-8-7-12-22-14-16/h6,9-10,16,22-23H,2-5,7-8,11-14,21H2,1H3. The van der Waals surface area contributed by atoms with Gasteiger partial charge in [-0.15, -0.1) is 0 Å². The van der Waals surface area contributed by atoms with Crippen LogP contribution in [-0.4, -0.2) is 35.7 Å². The van der Waals surface area contributed by atoms with E-state index in [2.05, 4.69) is 10.6 Å².